The largest absolute Gasteiger partial charge is 0.477 e. The summed E-state index contributed by atoms with van der Waals surface area (Å²) in [6.07, 6.45) is 11.1. The van der Waals surface area contributed by atoms with Crippen molar-refractivity contribution in [2.75, 3.05) is 6.61 Å². The van der Waals surface area contributed by atoms with E-state index in [1.807, 2.05) is 0 Å². The third kappa shape index (κ3) is 5.99. The molecule has 0 saturated heterocycles. The first kappa shape index (κ1) is 22.6. The van der Waals surface area contributed by atoms with E-state index in [0.29, 0.717) is 36.1 Å². The van der Waals surface area contributed by atoms with Gasteiger partial charge in [0, 0.05) is 11.6 Å². The maximum atomic E-state index is 14.7. The molecule has 1 saturated carbocycles. The van der Waals surface area contributed by atoms with Gasteiger partial charge in [-0.2, -0.15) is 0 Å². The second-order valence-corrected chi connectivity index (χ2v) is 8.57. The molecule has 1 aromatic carbocycles. The van der Waals surface area contributed by atoms with Gasteiger partial charge in [0.2, 0.25) is 5.88 Å². The van der Waals surface area contributed by atoms with Gasteiger partial charge in [0.25, 0.3) is 0 Å². The monoisotopic (exact) mass is 416 g/mol. The first-order valence-corrected chi connectivity index (χ1v) is 11.6. The van der Waals surface area contributed by atoms with Gasteiger partial charge in [-0.05, 0) is 48.8 Å². The second kappa shape index (κ2) is 11.4. The number of rotatable bonds is 10. The molecule has 0 N–H and O–H groups in total. The number of hydrogen-bond donors (Lipinski definition) is 0. The molecule has 3 nitrogen and oxygen atoms in total. The van der Waals surface area contributed by atoms with Gasteiger partial charge in [-0.3, -0.25) is 0 Å². The zero-order valence-electron chi connectivity index (χ0n) is 18.3. The molecule has 3 rings (SSSR count). The summed E-state index contributed by atoms with van der Waals surface area (Å²) in [5, 5.41) is 7.99. The lowest BCUT2D eigenvalue weighted by Crippen LogP contribution is -2.15. The van der Waals surface area contributed by atoms with E-state index in [-0.39, 0.29) is 5.56 Å². The van der Waals surface area contributed by atoms with Crippen molar-refractivity contribution in [1.29, 1.82) is 0 Å². The first-order valence-electron chi connectivity index (χ1n) is 11.6. The topological polar surface area (TPSA) is 35.0 Å². The molecule has 1 fully saturated rings. The van der Waals surface area contributed by atoms with E-state index < -0.39 is 11.6 Å². The summed E-state index contributed by atoms with van der Waals surface area (Å²) in [5.41, 5.74) is 0.915. The molecule has 1 aromatic heterocycles. The van der Waals surface area contributed by atoms with E-state index in [0.717, 1.165) is 25.2 Å². The quantitative estimate of drug-likeness (QED) is 0.386. The van der Waals surface area contributed by atoms with Crippen LogP contribution < -0.4 is 4.74 Å². The molecule has 2 aromatic rings. The highest BCUT2D eigenvalue weighted by Crippen LogP contribution is 2.34. The number of hydrogen-bond acceptors (Lipinski definition) is 3. The molecule has 1 aliphatic rings. The van der Waals surface area contributed by atoms with Crippen LogP contribution in [0.25, 0.3) is 11.3 Å². The molecule has 0 spiro atoms. The molecule has 0 aliphatic heterocycles. The van der Waals surface area contributed by atoms with Gasteiger partial charge >= 0.3 is 0 Å². The van der Waals surface area contributed by atoms with Crippen LogP contribution in [0.15, 0.2) is 24.3 Å². The molecule has 30 heavy (non-hydrogen) atoms. The van der Waals surface area contributed by atoms with Crippen LogP contribution in [-0.4, -0.2) is 16.8 Å². The SMILES string of the molecule is CCCCOc1ccc(-c2ccc(CCC3CCC(CCC)CC3)c(F)c2F)nn1. The fraction of sp³-hybridized carbons (Fsp3) is 0.600. The van der Waals surface area contributed by atoms with E-state index in [2.05, 4.69) is 24.0 Å². The molecule has 1 aliphatic carbocycles. The van der Waals surface area contributed by atoms with Gasteiger partial charge in [-0.25, -0.2) is 8.78 Å². The van der Waals surface area contributed by atoms with Gasteiger partial charge in [-0.1, -0.05) is 64.9 Å². The maximum Gasteiger partial charge on any atom is 0.233 e. The summed E-state index contributed by atoms with van der Waals surface area (Å²) >= 11 is 0. The fourth-order valence-corrected chi connectivity index (χ4v) is 4.42. The van der Waals surface area contributed by atoms with E-state index in [1.165, 1.54) is 38.5 Å². The highest BCUT2D eigenvalue weighted by atomic mass is 19.2. The van der Waals surface area contributed by atoms with E-state index in [1.54, 1.807) is 24.3 Å². The minimum absolute atomic E-state index is 0.143. The predicted octanol–water partition coefficient (Wildman–Crippen LogP) is 7.14. The lowest BCUT2D eigenvalue weighted by Gasteiger charge is -2.28. The third-order valence-electron chi connectivity index (χ3n) is 6.31. The van der Waals surface area contributed by atoms with Gasteiger partial charge in [-0.15, -0.1) is 10.2 Å². The van der Waals surface area contributed by atoms with Gasteiger partial charge in [0.15, 0.2) is 11.6 Å². The van der Waals surface area contributed by atoms with Crippen LogP contribution in [-0.2, 0) is 6.42 Å². The van der Waals surface area contributed by atoms with Crippen molar-refractivity contribution in [1.82, 2.24) is 10.2 Å². The standard InChI is InChI=1S/C25H34F2N2O/c1-3-5-17-30-23-16-15-22(28-29-23)21-14-13-20(24(26)25(21)27)12-11-19-9-7-18(6-4-2)8-10-19/h13-16,18-19H,3-12,17H2,1-2H3. The Labute approximate surface area is 179 Å². The Balaban J connectivity index is 1.59. The second-order valence-electron chi connectivity index (χ2n) is 8.57. The first-order chi connectivity index (χ1) is 14.6. The summed E-state index contributed by atoms with van der Waals surface area (Å²) in [6.45, 7) is 4.90. The number of unbranched alkanes of at least 4 members (excludes halogenated alkanes) is 1. The Morgan fingerprint density at radius 2 is 1.60 bits per heavy atom. The summed E-state index contributed by atoms with van der Waals surface area (Å²) in [6, 6.07) is 6.59. The number of halogens is 2. The van der Waals surface area contributed by atoms with Crippen molar-refractivity contribution >= 4 is 0 Å². The highest BCUT2D eigenvalue weighted by molar-refractivity contribution is 5.60. The minimum Gasteiger partial charge on any atom is -0.477 e. The van der Waals surface area contributed by atoms with Crippen LogP contribution in [0.4, 0.5) is 8.78 Å². The molecule has 0 atom stereocenters. The maximum absolute atomic E-state index is 14.7. The van der Waals surface area contributed by atoms with Crippen molar-refractivity contribution in [3.63, 3.8) is 0 Å². The Hall–Kier alpha value is -2.04. The number of aryl methyl sites for hydroxylation is 1. The molecular formula is C25H34F2N2O. The van der Waals surface area contributed by atoms with Gasteiger partial charge in [0.1, 0.15) is 0 Å². The van der Waals surface area contributed by atoms with E-state index >= 15 is 0 Å². The Morgan fingerprint density at radius 1 is 0.867 bits per heavy atom. The Bertz CT molecular complexity index is 786. The van der Waals surface area contributed by atoms with Crippen LogP contribution in [0.2, 0.25) is 0 Å². The summed E-state index contributed by atoms with van der Waals surface area (Å²) in [4.78, 5) is 0. The minimum atomic E-state index is -0.840. The van der Waals surface area contributed by atoms with Crippen LogP contribution >= 0.6 is 0 Å². The summed E-state index contributed by atoms with van der Waals surface area (Å²) < 4.78 is 34.9. The molecule has 1 heterocycles. The van der Waals surface area contributed by atoms with Crippen molar-refractivity contribution in [3.8, 4) is 17.1 Å². The highest BCUT2D eigenvalue weighted by Gasteiger charge is 2.22. The lowest BCUT2D eigenvalue weighted by atomic mass is 9.78. The molecule has 0 unspecified atom stereocenters. The third-order valence-corrected chi connectivity index (χ3v) is 6.31. The van der Waals surface area contributed by atoms with Crippen LogP contribution in [0.5, 0.6) is 5.88 Å². The number of aromatic nitrogens is 2. The molecule has 0 amide bonds. The van der Waals surface area contributed by atoms with Crippen molar-refractivity contribution < 1.29 is 13.5 Å². The van der Waals surface area contributed by atoms with E-state index in [9.17, 15) is 8.78 Å². The molecule has 164 valence electrons. The fourth-order valence-electron chi connectivity index (χ4n) is 4.42. The van der Waals surface area contributed by atoms with Crippen molar-refractivity contribution in [3.05, 3.63) is 41.5 Å². The summed E-state index contributed by atoms with van der Waals surface area (Å²) in [7, 11) is 0. The van der Waals surface area contributed by atoms with Gasteiger partial charge in [0.05, 0.1) is 12.3 Å². The molecule has 5 heteroatoms. The Kier molecular flexibility index (Phi) is 8.59. The summed E-state index contributed by atoms with van der Waals surface area (Å²) in [5.74, 6) is 0.305. The zero-order valence-corrected chi connectivity index (χ0v) is 18.3. The average molecular weight is 417 g/mol. The Morgan fingerprint density at radius 3 is 2.23 bits per heavy atom. The zero-order chi connectivity index (χ0) is 21.3. The number of ether oxygens (including phenoxy) is 1. The van der Waals surface area contributed by atoms with Gasteiger partial charge < -0.3 is 4.74 Å². The lowest BCUT2D eigenvalue weighted by molar-refractivity contribution is 0.251. The van der Waals surface area contributed by atoms with Crippen molar-refractivity contribution in [2.45, 2.75) is 78.1 Å². The number of benzene rings is 1. The number of nitrogens with zero attached hydrogens (tertiary/aromatic N) is 2. The van der Waals surface area contributed by atoms with Crippen LogP contribution in [0, 0.1) is 23.5 Å². The predicted molar refractivity (Wildman–Crippen MR) is 116 cm³/mol. The molecular weight excluding hydrogens is 382 g/mol. The van der Waals surface area contributed by atoms with Crippen LogP contribution in [0.1, 0.15) is 77.2 Å². The smallest absolute Gasteiger partial charge is 0.233 e. The van der Waals surface area contributed by atoms with Crippen molar-refractivity contribution in [2.24, 2.45) is 11.8 Å². The molecule has 0 radical (unpaired) electrons. The average Bonchev–Trinajstić information content (AvgIpc) is 2.77. The van der Waals surface area contributed by atoms with E-state index in [4.69, 9.17) is 4.74 Å². The molecule has 0 bridgehead atoms. The normalized spacial score (nSPS) is 19.1. The van der Waals surface area contributed by atoms with Crippen LogP contribution in [0.3, 0.4) is 0 Å².